The number of nitrogens with zero attached hydrogens (tertiary/aromatic N) is 2. The zero-order valence-electron chi connectivity index (χ0n) is 27.8. The molecule has 3 aromatic carbocycles. The van der Waals surface area contributed by atoms with Crippen molar-refractivity contribution in [3.8, 4) is 23.0 Å². The summed E-state index contributed by atoms with van der Waals surface area (Å²) in [7, 11) is 4.58. The number of methoxy groups -OCH3 is 3. The highest BCUT2D eigenvalue weighted by Crippen LogP contribution is 2.65. The van der Waals surface area contributed by atoms with Crippen LogP contribution in [0.2, 0.25) is 0 Å². The molecule has 2 aliphatic heterocycles. The van der Waals surface area contributed by atoms with Crippen LogP contribution in [0.5, 0.6) is 23.0 Å². The number of amides is 4. The van der Waals surface area contributed by atoms with E-state index in [0.717, 1.165) is 16.0 Å². The molecule has 0 radical (unpaired) electrons. The van der Waals surface area contributed by atoms with Gasteiger partial charge in [0.05, 0.1) is 44.3 Å². The quantitative estimate of drug-likeness (QED) is 0.0902. The number of likely N-dealkylation sites (tertiary alicyclic amines) is 1. The third-order valence-electron chi connectivity index (χ3n) is 10.6. The zero-order valence-corrected chi connectivity index (χ0v) is 30.9. The number of phenolic OH excluding ortho intramolecular Hbond substituents is 1. The molecule has 1 N–H and O–H groups in total. The van der Waals surface area contributed by atoms with E-state index in [1.165, 1.54) is 18.1 Å². The number of hydrogen-bond acceptors (Lipinski definition) is 8. The van der Waals surface area contributed by atoms with E-state index in [4.69, 9.17) is 37.4 Å². The largest absolute Gasteiger partial charge is 0.504 e. The van der Waals surface area contributed by atoms with E-state index in [-0.39, 0.29) is 35.7 Å². The summed E-state index contributed by atoms with van der Waals surface area (Å²) < 4.78 is 16.2. The summed E-state index contributed by atoms with van der Waals surface area (Å²) in [6, 6.07) is 17.1. The lowest BCUT2D eigenvalue weighted by Gasteiger charge is -2.50. The Hall–Kier alpha value is -4.32. The van der Waals surface area contributed by atoms with Crippen molar-refractivity contribution in [1.29, 1.82) is 0 Å². The number of fused-ring (bicyclic) bond motifs is 4. The van der Waals surface area contributed by atoms with E-state index >= 15 is 0 Å². The number of halogens is 3. The number of rotatable bonds is 8. The van der Waals surface area contributed by atoms with Crippen molar-refractivity contribution in [2.45, 2.75) is 28.5 Å². The third-order valence-corrected chi connectivity index (χ3v) is 12.5. The molecular weight excluding hydrogens is 763 g/mol. The predicted octanol–water partition coefficient (Wildman–Crippen LogP) is 6.50. The van der Waals surface area contributed by atoms with E-state index in [1.54, 1.807) is 38.5 Å². The van der Waals surface area contributed by atoms with Gasteiger partial charge in [0, 0.05) is 11.5 Å². The number of carbonyl (C=O) groups excluding carboxylic acids is 4. The average Bonchev–Trinajstić information content (AvgIpc) is 3.48. The van der Waals surface area contributed by atoms with E-state index in [1.807, 2.05) is 48.6 Å². The van der Waals surface area contributed by atoms with Gasteiger partial charge in [-0.25, -0.2) is 0 Å². The lowest BCUT2D eigenvalue weighted by atomic mass is 9.56. The molecule has 0 aromatic heterocycles. The first kappa shape index (κ1) is 35.1. The highest BCUT2D eigenvalue weighted by Gasteiger charge is 2.76. The molecule has 3 fully saturated rings. The lowest BCUT2D eigenvalue weighted by Crippen LogP contribution is -2.60. The van der Waals surface area contributed by atoms with Gasteiger partial charge in [0.2, 0.25) is 11.8 Å². The van der Waals surface area contributed by atoms with Crippen LogP contribution in [-0.4, -0.2) is 70.2 Å². The van der Waals surface area contributed by atoms with Gasteiger partial charge < -0.3 is 19.3 Å². The average molecular weight is 796 g/mol. The molecule has 7 rings (SSSR count). The number of imide groups is 2. The molecular formula is C38H33BrCl2N2O8. The summed E-state index contributed by atoms with van der Waals surface area (Å²) in [5.41, 5.74) is 3.04. The number of aromatic hydroxyl groups is 1. The van der Waals surface area contributed by atoms with Crippen molar-refractivity contribution in [3.05, 3.63) is 89.0 Å². The number of ether oxygens (including phenoxy) is 3. The fraction of sp³-hybridized carbons (Fsp3) is 0.316. The summed E-state index contributed by atoms with van der Waals surface area (Å²) in [5.74, 6) is -3.96. The summed E-state index contributed by atoms with van der Waals surface area (Å²) >= 11 is 17.8. The summed E-state index contributed by atoms with van der Waals surface area (Å²) in [4.78, 5) is 54.6. The molecule has 0 bridgehead atoms. The maximum Gasteiger partial charge on any atom is 0.254 e. The highest BCUT2D eigenvalue weighted by molar-refractivity contribution is 9.09. The first-order valence-electron chi connectivity index (χ1n) is 16.2. The molecule has 0 unspecified atom stereocenters. The maximum atomic E-state index is 14.4. The molecule has 6 atom stereocenters. The van der Waals surface area contributed by atoms with Gasteiger partial charge in [-0.3, -0.25) is 29.0 Å². The zero-order chi connectivity index (χ0) is 36.4. The van der Waals surface area contributed by atoms with Crippen molar-refractivity contribution in [2.24, 2.45) is 17.8 Å². The molecule has 10 nitrogen and oxygen atoms in total. The Morgan fingerprint density at radius 3 is 2.25 bits per heavy atom. The Bertz CT molecular complexity index is 2040. The van der Waals surface area contributed by atoms with Gasteiger partial charge in [0.15, 0.2) is 21.2 Å². The van der Waals surface area contributed by atoms with Gasteiger partial charge in [-0.1, -0.05) is 57.9 Å². The number of hydrogen-bond donors (Lipinski definition) is 1. The molecule has 2 heterocycles. The second-order valence-electron chi connectivity index (χ2n) is 13.0. The number of phenols is 1. The van der Waals surface area contributed by atoms with E-state index in [2.05, 4.69) is 15.9 Å². The number of carbonyl (C=O) groups is 4. The second kappa shape index (κ2) is 13.0. The van der Waals surface area contributed by atoms with Crippen LogP contribution in [0.4, 0.5) is 5.69 Å². The SMILES string of the molecule is COc1ccc(OC)c(C=Cc2ccc(N3C(=O)[C@H]4[C@H](CC=C5[C@H]4C[C@@]4(Cl)C(=O)N(CBr)C(=O)[C@@]4(Cl)[C@H]5c4ccc(O)c(OC)c4)C3=O)cc2)c1. The van der Waals surface area contributed by atoms with Crippen LogP contribution in [-0.2, 0) is 19.2 Å². The Morgan fingerprint density at radius 1 is 0.863 bits per heavy atom. The minimum Gasteiger partial charge on any atom is -0.504 e. The Balaban J connectivity index is 1.24. The van der Waals surface area contributed by atoms with Crippen LogP contribution in [0.1, 0.15) is 35.4 Å². The highest BCUT2D eigenvalue weighted by atomic mass is 79.9. The van der Waals surface area contributed by atoms with Gasteiger partial charge in [-0.15, -0.1) is 23.2 Å². The Morgan fingerprint density at radius 2 is 1.59 bits per heavy atom. The molecule has 13 heteroatoms. The molecule has 2 aliphatic carbocycles. The molecule has 4 aliphatic rings. The van der Waals surface area contributed by atoms with Crippen LogP contribution in [0.15, 0.2) is 72.3 Å². The Labute approximate surface area is 312 Å². The smallest absolute Gasteiger partial charge is 0.254 e. The second-order valence-corrected chi connectivity index (χ2v) is 14.7. The molecule has 1 saturated carbocycles. The summed E-state index contributed by atoms with van der Waals surface area (Å²) in [6.45, 7) is 0. The van der Waals surface area contributed by atoms with Crippen LogP contribution in [0.3, 0.4) is 0 Å². The minimum absolute atomic E-state index is 0.127. The van der Waals surface area contributed by atoms with E-state index in [0.29, 0.717) is 28.3 Å². The van der Waals surface area contributed by atoms with Crippen molar-refractivity contribution in [2.75, 3.05) is 31.7 Å². The van der Waals surface area contributed by atoms with Crippen molar-refractivity contribution < 1.29 is 38.5 Å². The summed E-state index contributed by atoms with van der Waals surface area (Å²) in [5, 5.41) is 10.4. The minimum atomic E-state index is -1.96. The number of alkyl halides is 3. The van der Waals surface area contributed by atoms with Gasteiger partial charge in [-0.2, -0.15) is 0 Å². The fourth-order valence-electron chi connectivity index (χ4n) is 8.15. The van der Waals surface area contributed by atoms with Gasteiger partial charge in [0.1, 0.15) is 11.5 Å². The van der Waals surface area contributed by atoms with Gasteiger partial charge >= 0.3 is 0 Å². The van der Waals surface area contributed by atoms with Crippen LogP contribution in [0.25, 0.3) is 12.2 Å². The molecule has 0 spiro atoms. The van der Waals surface area contributed by atoms with Crippen LogP contribution >= 0.6 is 39.1 Å². The first-order valence-corrected chi connectivity index (χ1v) is 18.1. The number of allylic oxidation sites excluding steroid dienone is 2. The monoisotopic (exact) mass is 794 g/mol. The molecule has 2 saturated heterocycles. The Kier molecular flexibility index (Phi) is 8.96. The first-order chi connectivity index (χ1) is 24.4. The topological polar surface area (TPSA) is 123 Å². The normalized spacial score (nSPS) is 28.5. The standard InChI is InChI=1S/C38H33BrCl2N2O8/c1-49-24-11-15-29(50-2)21(16-24)7-4-20-5-9-23(10-6-20)43-33(45)26-13-12-25-27(31(26)34(43)46)18-37(40)35(47)42(19-39)36(48)38(37,41)32(25)22-8-14-28(44)30(17-22)51-3/h4-12,14-17,26-27,31-32,44H,13,18-19H2,1-3H3/t26-,27+,31-,32-,37+,38-/m0/s1. The number of anilines is 1. The van der Waals surface area contributed by atoms with Gasteiger partial charge in [0.25, 0.3) is 11.8 Å². The summed E-state index contributed by atoms with van der Waals surface area (Å²) in [6.07, 6.45) is 5.73. The predicted molar refractivity (Wildman–Crippen MR) is 195 cm³/mol. The van der Waals surface area contributed by atoms with E-state index < -0.39 is 51.1 Å². The van der Waals surface area contributed by atoms with E-state index in [9.17, 15) is 24.3 Å². The third kappa shape index (κ3) is 5.18. The molecule has 51 heavy (non-hydrogen) atoms. The fourth-order valence-corrected chi connectivity index (χ4v) is 9.57. The van der Waals surface area contributed by atoms with Crippen molar-refractivity contribution in [1.82, 2.24) is 4.90 Å². The van der Waals surface area contributed by atoms with Crippen molar-refractivity contribution in [3.63, 3.8) is 0 Å². The van der Waals surface area contributed by atoms with Crippen LogP contribution in [0, 0.1) is 17.8 Å². The maximum absolute atomic E-state index is 14.4. The molecule has 3 aromatic rings. The lowest BCUT2D eigenvalue weighted by molar-refractivity contribution is -0.138. The van der Waals surface area contributed by atoms with Crippen LogP contribution < -0.4 is 19.1 Å². The van der Waals surface area contributed by atoms with Gasteiger partial charge in [-0.05, 0) is 72.4 Å². The van der Waals surface area contributed by atoms with Crippen molar-refractivity contribution >= 4 is 80.6 Å². The molecule has 264 valence electrons. The molecule has 4 amide bonds. The number of benzene rings is 3.